The third-order valence-electron chi connectivity index (χ3n) is 5.44. The minimum Gasteiger partial charge on any atom is -0.494 e. The maximum absolute atomic E-state index is 12.5. The summed E-state index contributed by atoms with van der Waals surface area (Å²) in [5, 5.41) is 6.57. The lowest BCUT2D eigenvalue weighted by molar-refractivity contribution is -0.122. The molecule has 0 saturated carbocycles. The number of halogens is 2. The molecule has 0 radical (unpaired) electrons. The lowest BCUT2D eigenvalue weighted by Crippen LogP contribution is -2.43. The summed E-state index contributed by atoms with van der Waals surface area (Å²) in [6.45, 7) is 1.33. The van der Waals surface area contributed by atoms with Crippen LogP contribution in [0.5, 0.6) is 5.75 Å². The maximum atomic E-state index is 12.5. The molecule has 2 aromatic carbocycles. The lowest BCUT2D eigenvalue weighted by Gasteiger charge is -2.13. The van der Waals surface area contributed by atoms with Crippen LogP contribution < -0.4 is 15.4 Å². The third kappa shape index (κ3) is 8.51. The number of benzene rings is 2. The van der Waals surface area contributed by atoms with Gasteiger partial charge in [-0.05, 0) is 54.2 Å². The van der Waals surface area contributed by atoms with Crippen molar-refractivity contribution >= 4 is 42.5 Å². The molecule has 1 amide bonds. The molecular weight excluding hydrogens is 489 g/mol. The van der Waals surface area contributed by atoms with Crippen molar-refractivity contribution in [2.24, 2.45) is 0 Å². The molecule has 2 atom stereocenters. The van der Waals surface area contributed by atoms with Crippen LogP contribution in [0.2, 0.25) is 0 Å². The fourth-order valence-corrected chi connectivity index (χ4v) is 4.89. The van der Waals surface area contributed by atoms with Gasteiger partial charge in [-0.25, -0.2) is 0 Å². The molecule has 5 nitrogen and oxygen atoms in total. The first kappa shape index (κ1) is 28.0. The average molecular weight is 521 g/mol. The van der Waals surface area contributed by atoms with E-state index in [4.69, 9.17) is 4.74 Å². The van der Waals surface area contributed by atoms with Gasteiger partial charge in [0, 0.05) is 24.7 Å². The van der Waals surface area contributed by atoms with Crippen molar-refractivity contribution < 1.29 is 9.53 Å². The van der Waals surface area contributed by atoms with Crippen molar-refractivity contribution in [1.82, 2.24) is 15.6 Å². The first-order valence-electron chi connectivity index (χ1n) is 11.1. The van der Waals surface area contributed by atoms with Gasteiger partial charge in [0.1, 0.15) is 5.75 Å². The highest BCUT2D eigenvalue weighted by molar-refractivity contribution is 7.99. The van der Waals surface area contributed by atoms with Gasteiger partial charge in [-0.1, -0.05) is 48.5 Å². The van der Waals surface area contributed by atoms with Crippen LogP contribution in [0.15, 0.2) is 79.1 Å². The number of pyridine rings is 1. The van der Waals surface area contributed by atoms with Crippen LogP contribution >= 0.6 is 36.6 Å². The van der Waals surface area contributed by atoms with Crippen molar-refractivity contribution in [2.75, 3.05) is 18.9 Å². The van der Waals surface area contributed by atoms with E-state index in [2.05, 4.69) is 52.0 Å². The largest absolute Gasteiger partial charge is 0.494 e. The standard InChI is InChI=1S/C26H29N3O2S.2ClH/c30-25(24-19-32-26(29-24)22-9-4-15-27-18-22)28-16-14-21-10-12-23(13-11-21)31-17-5-8-20-6-2-1-3-7-20;;/h1-4,6-7,9-13,15,18,24,26,29H,5,8,14,16-17,19H2,(H,28,30);2*1H. The van der Waals surface area contributed by atoms with E-state index in [1.165, 1.54) is 11.1 Å². The van der Waals surface area contributed by atoms with Gasteiger partial charge in [0.15, 0.2) is 0 Å². The molecule has 4 rings (SSSR count). The van der Waals surface area contributed by atoms with Crippen LogP contribution in [0.25, 0.3) is 0 Å². The minimum atomic E-state index is -0.170. The molecule has 0 aliphatic carbocycles. The quantitative estimate of drug-likeness (QED) is 0.369. The van der Waals surface area contributed by atoms with Crippen molar-refractivity contribution in [2.45, 2.75) is 30.7 Å². The number of nitrogens with zero attached hydrogens (tertiary/aromatic N) is 1. The zero-order valence-electron chi connectivity index (χ0n) is 18.9. The van der Waals surface area contributed by atoms with Crippen LogP contribution in [0.4, 0.5) is 0 Å². The molecule has 2 unspecified atom stereocenters. The van der Waals surface area contributed by atoms with Crippen molar-refractivity contribution in [3.8, 4) is 5.75 Å². The molecule has 1 saturated heterocycles. The van der Waals surface area contributed by atoms with Crippen LogP contribution in [0, 0.1) is 0 Å². The number of aromatic nitrogens is 1. The van der Waals surface area contributed by atoms with E-state index in [9.17, 15) is 4.79 Å². The Balaban J connectivity index is 0.00000204. The SMILES string of the molecule is Cl.Cl.O=C(NCCc1ccc(OCCCc2ccccc2)cc1)C1CSC(c2cccnc2)N1. The summed E-state index contributed by atoms with van der Waals surface area (Å²) in [5.41, 5.74) is 3.63. The van der Waals surface area contributed by atoms with Crippen LogP contribution in [0.1, 0.15) is 28.5 Å². The summed E-state index contributed by atoms with van der Waals surface area (Å²) in [7, 11) is 0. The van der Waals surface area contributed by atoms with Gasteiger partial charge >= 0.3 is 0 Å². The molecule has 1 fully saturated rings. The molecular formula is C26H31Cl2N3O2S. The van der Waals surface area contributed by atoms with Gasteiger partial charge in [0.2, 0.25) is 5.91 Å². The Morgan fingerprint density at radius 3 is 2.50 bits per heavy atom. The number of rotatable bonds is 10. The number of amides is 1. The second kappa shape index (κ2) is 14.9. The predicted octanol–water partition coefficient (Wildman–Crippen LogP) is 5.00. The lowest BCUT2D eigenvalue weighted by atomic mass is 10.1. The smallest absolute Gasteiger partial charge is 0.238 e. The van der Waals surface area contributed by atoms with Gasteiger partial charge in [-0.2, -0.15) is 0 Å². The molecule has 1 aliphatic rings. The molecule has 2 N–H and O–H groups in total. The van der Waals surface area contributed by atoms with Crippen LogP contribution in [0.3, 0.4) is 0 Å². The highest BCUT2D eigenvalue weighted by atomic mass is 35.5. The summed E-state index contributed by atoms with van der Waals surface area (Å²) in [6, 6.07) is 22.4. The second-order valence-corrected chi connectivity index (χ2v) is 8.98. The molecule has 34 heavy (non-hydrogen) atoms. The zero-order chi connectivity index (χ0) is 22.0. The van der Waals surface area contributed by atoms with Crippen molar-refractivity contribution in [3.05, 3.63) is 95.8 Å². The summed E-state index contributed by atoms with van der Waals surface area (Å²) < 4.78 is 5.85. The maximum Gasteiger partial charge on any atom is 0.238 e. The van der Waals surface area contributed by atoms with Crippen LogP contribution in [-0.2, 0) is 17.6 Å². The fourth-order valence-electron chi connectivity index (χ4n) is 3.66. The topological polar surface area (TPSA) is 63.2 Å². The third-order valence-corrected chi connectivity index (χ3v) is 6.71. The van der Waals surface area contributed by atoms with E-state index in [-0.39, 0.29) is 42.1 Å². The number of aryl methyl sites for hydroxylation is 1. The zero-order valence-corrected chi connectivity index (χ0v) is 21.3. The summed E-state index contributed by atoms with van der Waals surface area (Å²) in [6.07, 6.45) is 6.43. The van der Waals surface area contributed by atoms with Gasteiger partial charge in [-0.3, -0.25) is 15.1 Å². The number of nitrogens with one attached hydrogen (secondary N) is 2. The van der Waals surface area contributed by atoms with Crippen molar-refractivity contribution in [1.29, 1.82) is 0 Å². The predicted molar refractivity (Wildman–Crippen MR) is 144 cm³/mol. The minimum absolute atomic E-state index is 0. The first-order valence-corrected chi connectivity index (χ1v) is 12.1. The van der Waals surface area contributed by atoms with Gasteiger partial charge < -0.3 is 10.1 Å². The summed E-state index contributed by atoms with van der Waals surface area (Å²) >= 11 is 1.74. The molecule has 8 heteroatoms. The van der Waals surface area contributed by atoms with Gasteiger partial charge in [0.25, 0.3) is 0 Å². The van der Waals surface area contributed by atoms with E-state index in [0.29, 0.717) is 13.2 Å². The first-order chi connectivity index (χ1) is 15.8. The summed E-state index contributed by atoms with van der Waals surface area (Å²) in [5.74, 6) is 1.71. The number of thioether (sulfide) groups is 1. The normalized spacial score (nSPS) is 16.7. The summed E-state index contributed by atoms with van der Waals surface area (Å²) in [4.78, 5) is 16.7. The fraction of sp³-hybridized carbons (Fsp3) is 0.308. The van der Waals surface area contributed by atoms with E-state index >= 15 is 0 Å². The van der Waals surface area contributed by atoms with Gasteiger partial charge in [0.05, 0.1) is 18.0 Å². The molecule has 2 heterocycles. The monoisotopic (exact) mass is 519 g/mol. The van der Waals surface area contributed by atoms with Gasteiger partial charge in [-0.15, -0.1) is 36.6 Å². The van der Waals surface area contributed by atoms with E-state index in [1.54, 1.807) is 18.0 Å². The molecule has 182 valence electrons. The Morgan fingerprint density at radius 1 is 1.00 bits per heavy atom. The average Bonchev–Trinajstić information content (AvgIpc) is 3.35. The highest BCUT2D eigenvalue weighted by Gasteiger charge is 2.30. The molecule has 3 aromatic rings. The molecule has 0 spiro atoms. The molecule has 1 aromatic heterocycles. The van der Waals surface area contributed by atoms with E-state index in [1.807, 2.05) is 36.5 Å². The Labute approximate surface area is 218 Å². The van der Waals surface area contributed by atoms with E-state index in [0.717, 1.165) is 36.3 Å². The highest BCUT2D eigenvalue weighted by Crippen LogP contribution is 2.32. The number of ether oxygens (including phenoxy) is 1. The molecule has 0 bridgehead atoms. The number of hydrogen-bond acceptors (Lipinski definition) is 5. The Bertz CT molecular complexity index is 978. The van der Waals surface area contributed by atoms with E-state index < -0.39 is 0 Å². The molecule has 1 aliphatic heterocycles. The van der Waals surface area contributed by atoms with Crippen LogP contribution in [-0.4, -0.2) is 35.8 Å². The number of hydrogen-bond donors (Lipinski definition) is 2. The Morgan fingerprint density at radius 2 is 1.76 bits per heavy atom. The Kier molecular flexibility index (Phi) is 12.3. The second-order valence-electron chi connectivity index (χ2n) is 7.84. The number of carbonyl (C=O) groups excluding carboxylic acids is 1. The Hall–Kier alpha value is -2.25. The van der Waals surface area contributed by atoms with Crippen molar-refractivity contribution in [3.63, 3.8) is 0 Å². The number of carbonyl (C=O) groups is 1.